The van der Waals surface area contributed by atoms with Crippen molar-refractivity contribution >= 4 is 0 Å². The van der Waals surface area contributed by atoms with Crippen molar-refractivity contribution < 1.29 is 5.11 Å². The number of piperidine rings is 1. The minimum absolute atomic E-state index is 0.228. The average molecular weight is 281 g/mol. The SMILES string of the molecule is Cc1ccc([C@H]2C[C@@H](O)CN(Cc3ccccc3)C2)cc1. The Morgan fingerprint density at radius 2 is 1.71 bits per heavy atom. The summed E-state index contributed by atoms with van der Waals surface area (Å²) in [5, 5.41) is 10.2. The van der Waals surface area contributed by atoms with Crippen LogP contribution in [0.2, 0.25) is 0 Å². The molecule has 0 aliphatic carbocycles. The van der Waals surface area contributed by atoms with Gasteiger partial charge in [0.1, 0.15) is 0 Å². The Morgan fingerprint density at radius 1 is 1.00 bits per heavy atom. The number of aliphatic hydroxyl groups excluding tert-OH is 1. The Hall–Kier alpha value is -1.64. The molecule has 0 radical (unpaired) electrons. The number of hydrogen-bond acceptors (Lipinski definition) is 2. The van der Waals surface area contributed by atoms with E-state index in [-0.39, 0.29) is 6.10 Å². The first kappa shape index (κ1) is 14.3. The Labute approximate surface area is 127 Å². The molecule has 3 rings (SSSR count). The zero-order valence-corrected chi connectivity index (χ0v) is 12.6. The summed E-state index contributed by atoms with van der Waals surface area (Å²) in [6.07, 6.45) is 0.641. The molecular weight excluding hydrogens is 258 g/mol. The minimum atomic E-state index is -0.228. The Bertz CT molecular complexity index is 564. The van der Waals surface area contributed by atoms with Crippen LogP contribution in [-0.2, 0) is 6.54 Å². The first-order valence-electron chi connectivity index (χ1n) is 7.71. The highest BCUT2D eigenvalue weighted by molar-refractivity contribution is 5.25. The lowest BCUT2D eigenvalue weighted by atomic mass is 9.88. The van der Waals surface area contributed by atoms with Gasteiger partial charge in [-0.05, 0) is 30.4 Å². The summed E-state index contributed by atoms with van der Waals surface area (Å²) < 4.78 is 0. The summed E-state index contributed by atoms with van der Waals surface area (Å²) in [6, 6.07) is 19.3. The van der Waals surface area contributed by atoms with Gasteiger partial charge in [0.25, 0.3) is 0 Å². The monoisotopic (exact) mass is 281 g/mol. The van der Waals surface area contributed by atoms with Crippen molar-refractivity contribution in [2.24, 2.45) is 0 Å². The van der Waals surface area contributed by atoms with Gasteiger partial charge in [0.2, 0.25) is 0 Å². The molecule has 2 heteroatoms. The van der Waals surface area contributed by atoms with Gasteiger partial charge in [-0.1, -0.05) is 60.2 Å². The van der Waals surface area contributed by atoms with Crippen molar-refractivity contribution in [2.45, 2.75) is 31.9 Å². The van der Waals surface area contributed by atoms with Gasteiger partial charge >= 0.3 is 0 Å². The van der Waals surface area contributed by atoms with E-state index in [9.17, 15) is 5.11 Å². The van der Waals surface area contributed by atoms with E-state index in [0.29, 0.717) is 5.92 Å². The van der Waals surface area contributed by atoms with Crippen LogP contribution in [0.25, 0.3) is 0 Å². The zero-order valence-electron chi connectivity index (χ0n) is 12.6. The molecule has 0 unspecified atom stereocenters. The third kappa shape index (κ3) is 3.72. The van der Waals surface area contributed by atoms with Crippen molar-refractivity contribution in [3.05, 3.63) is 71.3 Å². The molecule has 2 atom stereocenters. The van der Waals surface area contributed by atoms with Gasteiger partial charge in [0.15, 0.2) is 0 Å². The highest BCUT2D eigenvalue weighted by atomic mass is 16.3. The van der Waals surface area contributed by atoms with E-state index in [1.165, 1.54) is 16.7 Å². The number of aliphatic hydroxyl groups is 1. The lowest BCUT2D eigenvalue weighted by Gasteiger charge is -2.36. The first-order valence-corrected chi connectivity index (χ1v) is 7.71. The predicted molar refractivity (Wildman–Crippen MR) is 86.3 cm³/mol. The molecule has 0 saturated carbocycles. The maximum atomic E-state index is 10.2. The fourth-order valence-corrected chi connectivity index (χ4v) is 3.21. The molecule has 1 N–H and O–H groups in total. The minimum Gasteiger partial charge on any atom is -0.392 e. The molecule has 1 heterocycles. The number of benzene rings is 2. The summed E-state index contributed by atoms with van der Waals surface area (Å²) in [6.45, 7) is 4.83. The molecular formula is C19H23NO. The van der Waals surface area contributed by atoms with Crippen molar-refractivity contribution in [3.63, 3.8) is 0 Å². The number of rotatable bonds is 3. The molecule has 1 aliphatic heterocycles. The Kier molecular flexibility index (Phi) is 4.37. The molecule has 0 amide bonds. The van der Waals surface area contributed by atoms with E-state index in [4.69, 9.17) is 0 Å². The number of nitrogens with zero attached hydrogens (tertiary/aromatic N) is 1. The van der Waals surface area contributed by atoms with Crippen molar-refractivity contribution in [1.82, 2.24) is 4.90 Å². The fourth-order valence-electron chi connectivity index (χ4n) is 3.21. The fraction of sp³-hybridized carbons (Fsp3) is 0.368. The topological polar surface area (TPSA) is 23.5 Å². The average Bonchev–Trinajstić information content (AvgIpc) is 2.48. The molecule has 2 nitrogen and oxygen atoms in total. The smallest absolute Gasteiger partial charge is 0.0673 e. The molecule has 0 bridgehead atoms. The van der Waals surface area contributed by atoms with E-state index in [1.807, 2.05) is 6.07 Å². The summed E-state index contributed by atoms with van der Waals surface area (Å²) in [5.74, 6) is 0.429. The molecule has 1 saturated heterocycles. The normalized spacial score (nSPS) is 23.1. The predicted octanol–water partition coefficient (Wildman–Crippen LogP) is 3.35. The second-order valence-electron chi connectivity index (χ2n) is 6.18. The van der Waals surface area contributed by atoms with E-state index < -0.39 is 0 Å². The Balaban J connectivity index is 1.71. The van der Waals surface area contributed by atoms with Crippen molar-refractivity contribution in [1.29, 1.82) is 0 Å². The summed E-state index contributed by atoms with van der Waals surface area (Å²) in [5.41, 5.74) is 3.95. The van der Waals surface area contributed by atoms with Gasteiger partial charge in [-0.2, -0.15) is 0 Å². The van der Waals surface area contributed by atoms with E-state index in [2.05, 4.69) is 60.4 Å². The quantitative estimate of drug-likeness (QED) is 0.932. The molecule has 1 fully saturated rings. The van der Waals surface area contributed by atoms with Gasteiger partial charge in [-0.25, -0.2) is 0 Å². The van der Waals surface area contributed by atoms with Gasteiger partial charge in [-0.3, -0.25) is 4.90 Å². The molecule has 21 heavy (non-hydrogen) atoms. The third-order valence-electron chi connectivity index (χ3n) is 4.30. The molecule has 110 valence electrons. The second-order valence-corrected chi connectivity index (χ2v) is 6.18. The van der Waals surface area contributed by atoms with Gasteiger partial charge in [0.05, 0.1) is 6.10 Å². The first-order chi connectivity index (χ1) is 10.2. The van der Waals surface area contributed by atoms with Gasteiger partial charge in [0, 0.05) is 19.6 Å². The largest absolute Gasteiger partial charge is 0.392 e. The highest BCUT2D eigenvalue weighted by Gasteiger charge is 2.26. The standard InChI is InChI=1S/C19H23NO/c1-15-7-9-17(10-8-15)18-11-19(21)14-20(13-18)12-16-5-3-2-4-6-16/h2-10,18-19,21H,11-14H2,1H3/t18-,19+/m0/s1. The summed E-state index contributed by atoms with van der Waals surface area (Å²) in [4.78, 5) is 2.37. The number of hydrogen-bond donors (Lipinski definition) is 1. The van der Waals surface area contributed by atoms with Crippen molar-refractivity contribution in [2.75, 3.05) is 13.1 Å². The molecule has 1 aliphatic rings. The van der Waals surface area contributed by atoms with Crippen LogP contribution in [0.15, 0.2) is 54.6 Å². The third-order valence-corrected chi connectivity index (χ3v) is 4.30. The Morgan fingerprint density at radius 3 is 2.43 bits per heavy atom. The van der Waals surface area contributed by atoms with E-state index >= 15 is 0 Å². The maximum Gasteiger partial charge on any atom is 0.0673 e. The zero-order chi connectivity index (χ0) is 14.7. The van der Waals surface area contributed by atoms with E-state index in [0.717, 1.165) is 26.1 Å². The maximum absolute atomic E-state index is 10.2. The van der Waals surface area contributed by atoms with Crippen LogP contribution >= 0.6 is 0 Å². The molecule has 2 aromatic carbocycles. The molecule has 2 aromatic rings. The van der Waals surface area contributed by atoms with Crippen LogP contribution in [0.1, 0.15) is 29.0 Å². The summed E-state index contributed by atoms with van der Waals surface area (Å²) in [7, 11) is 0. The lowest BCUT2D eigenvalue weighted by Crippen LogP contribution is -2.41. The van der Waals surface area contributed by atoms with Crippen LogP contribution in [0.3, 0.4) is 0 Å². The number of β-amino-alcohol motifs (C(OH)–C–C–N with tert-alkyl or cyclic N) is 1. The molecule has 0 spiro atoms. The van der Waals surface area contributed by atoms with Crippen LogP contribution in [0.4, 0.5) is 0 Å². The highest BCUT2D eigenvalue weighted by Crippen LogP contribution is 2.28. The van der Waals surface area contributed by atoms with Crippen LogP contribution in [0, 0.1) is 6.92 Å². The van der Waals surface area contributed by atoms with Crippen LogP contribution in [0.5, 0.6) is 0 Å². The number of aryl methyl sites for hydroxylation is 1. The van der Waals surface area contributed by atoms with Gasteiger partial charge in [-0.15, -0.1) is 0 Å². The number of likely N-dealkylation sites (tertiary alicyclic amines) is 1. The van der Waals surface area contributed by atoms with E-state index in [1.54, 1.807) is 0 Å². The summed E-state index contributed by atoms with van der Waals surface area (Å²) >= 11 is 0. The van der Waals surface area contributed by atoms with Crippen LogP contribution < -0.4 is 0 Å². The lowest BCUT2D eigenvalue weighted by molar-refractivity contribution is 0.0549. The molecule has 0 aromatic heterocycles. The van der Waals surface area contributed by atoms with Crippen LogP contribution in [-0.4, -0.2) is 29.2 Å². The van der Waals surface area contributed by atoms with Gasteiger partial charge < -0.3 is 5.11 Å². The van der Waals surface area contributed by atoms with Crippen molar-refractivity contribution in [3.8, 4) is 0 Å². The second kappa shape index (κ2) is 6.42.